The van der Waals surface area contributed by atoms with Gasteiger partial charge in [-0.05, 0) is 19.1 Å². The van der Waals surface area contributed by atoms with Crippen molar-refractivity contribution in [2.45, 2.75) is 6.92 Å². The zero-order chi connectivity index (χ0) is 14.7. The molecule has 5 nitrogen and oxygen atoms in total. The second-order valence-corrected chi connectivity index (χ2v) is 4.51. The van der Waals surface area contributed by atoms with Crippen LogP contribution in [0.25, 0.3) is 10.9 Å². The van der Waals surface area contributed by atoms with Gasteiger partial charge in [-0.3, -0.25) is 0 Å². The quantitative estimate of drug-likeness (QED) is 0.812. The molecule has 0 saturated heterocycles. The topological polar surface area (TPSA) is 57.7 Å². The van der Waals surface area contributed by atoms with Crippen LogP contribution in [-0.2, 0) is 9.53 Å². The van der Waals surface area contributed by atoms with Crippen molar-refractivity contribution < 1.29 is 19.0 Å². The molecular formula is C14H14ClNO4. The van der Waals surface area contributed by atoms with Crippen LogP contribution in [0, 0.1) is 6.92 Å². The van der Waals surface area contributed by atoms with Gasteiger partial charge in [0.2, 0.25) is 0 Å². The summed E-state index contributed by atoms with van der Waals surface area (Å²) < 4.78 is 15.3. The molecule has 0 aliphatic carbocycles. The summed E-state index contributed by atoms with van der Waals surface area (Å²) in [5, 5.41) is 1.09. The lowest BCUT2D eigenvalue weighted by atomic mass is 10.1. The van der Waals surface area contributed by atoms with Gasteiger partial charge >= 0.3 is 5.97 Å². The van der Waals surface area contributed by atoms with Gasteiger partial charge in [0.1, 0.15) is 17.0 Å². The molecule has 20 heavy (non-hydrogen) atoms. The predicted octanol–water partition coefficient (Wildman–Crippen LogP) is 2.76. The number of aromatic nitrogens is 1. The summed E-state index contributed by atoms with van der Waals surface area (Å²) in [6.45, 7) is 1.63. The summed E-state index contributed by atoms with van der Waals surface area (Å²) in [5.41, 5.74) is 1.33. The Kier molecular flexibility index (Phi) is 4.29. The Labute approximate surface area is 121 Å². The minimum Gasteiger partial charge on any atom is -0.494 e. The molecule has 0 N–H and O–H groups in total. The Morgan fingerprint density at radius 2 is 2.05 bits per heavy atom. The molecule has 106 valence electrons. The lowest BCUT2D eigenvalue weighted by Crippen LogP contribution is -2.13. The number of aryl methyl sites for hydroxylation is 1. The molecule has 0 unspecified atom stereocenters. The SMILES string of the molecule is COC(=O)COc1cc(C)nc2c(OC)ccc(Cl)c12. The standard InChI is InChI=1S/C14H14ClNO4/c1-8-6-11(20-7-12(17)19-3)13-9(15)4-5-10(18-2)14(13)16-8/h4-6H,7H2,1-3H3. The fourth-order valence-electron chi connectivity index (χ4n) is 1.84. The first kappa shape index (κ1) is 14.4. The van der Waals surface area contributed by atoms with Gasteiger partial charge in [-0.1, -0.05) is 11.6 Å². The Morgan fingerprint density at radius 1 is 1.30 bits per heavy atom. The number of esters is 1. The zero-order valence-corrected chi connectivity index (χ0v) is 12.2. The maximum atomic E-state index is 11.2. The van der Waals surface area contributed by atoms with E-state index in [1.165, 1.54) is 7.11 Å². The number of halogens is 1. The van der Waals surface area contributed by atoms with Gasteiger partial charge in [-0.2, -0.15) is 0 Å². The van der Waals surface area contributed by atoms with Gasteiger partial charge in [0.15, 0.2) is 6.61 Å². The molecule has 0 saturated carbocycles. The van der Waals surface area contributed by atoms with Crippen molar-refractivity contribution in [2.24, 2.45) is 0 Å². The molecule has 1 heterocycles. The van der Waals surface area contributed by atoms with E-state index in [0.29, 0.717) is 27.4 Å². The molecule has 6 heteroatoms. The van der Waals surface area contributed by atoms with Crippen molar-refractivity contribution in [2.75, 3.05) is 20.8 Å². The van der Waals surface area contributed by atoms with Gasteiger partial charge in [-0.15, -0.1) is 0 Å². The highest BCUT2D eigenvalue weighted by Gasteiger charge is 2.14. The van der Waals surface area contributed by atoms with E-state index in [0.717, 1.165) is 5.69 Å². The molecule has 1 aromatic carbocycles. The zero-order valence-electron chi connectivity index (χ0n) is 11.4. The van der Waals surface area contributed by atoms with E-state index in [-0.39, 0.29) is 6.61 Å². The lowest BCUT2D eigenvalue weighted by molar-refractivity contribution is -0.142. The smallest absolute Gasteiger partial charge is 0.343 e. The van der Waals surface area contributed by atoms with Crippen molar-refractivity contribution >= 4 is 28.5 Å². The Morgan fingerprint density at radius 3 is 2.70 bits per heavy atom. The highest BCUT2D eigenvalue weighted by molar-refractivity contribution is 6.36. The molecule has 0 aliphatic rings. The van der Waals surface area contributed by atoms with Crippen LogP contribution in [0.5, 0.6) is 11.5 Å². The number of benzene rings is 1. The van der Waals surface area contributed by atoms with E-state index in [1.807, 2.05) is 6.92 Å². The van der Waals surface area contributed by atoms with Gasteiger partial charge in [0.25, 0.3) is 0 Å². The third kappa shape index (κ3) is 2.77. The average molecular weight is 296 g/mol. The van der Waals surface area contributed by atoms with E-state index in [2.05, 4.69) is 9.72 Å². The van der Waals surface area contributed by atoms with Crippen LogP contribution >= 0.6 is 11.6 Å². The van der Waals surface area contributed by atoms with Crippen molar-refractivity contribution in [3.63, 3.8) is 0 Å². The molecule has 0 radical (unpaired) electrons. The first-order valence-electron chi connectivity index (χ1n) is 5.90. The number of ether oxygens (including phenoxy) is 3. The Balaban J connectivity index is 2.55. The number of carbonyl (C=O) groups is 1. The first-order chi connectivity index (χ1) is 9.56. The summed E-state index contributed by atoms with van der Waals surface area (Å²) in [5.74, 6) is 0.601. The van der Waals surface area contributed by atoms with E-state index in [4.69, 9.17) is 21.1 Å². The van der Waals surface area contributed by atoms with Crippen LogP contribution in [0.4, 0.5) is 0 Å². The number of pyridine rings is 1. The fourth-order valence-corrected chi connectivity index (χ4v) is 2.08. The third-order valence-corrected chi connectivity index (χ3v) is 3.07. The highest BCUT2D eigenvalue weighted by Crippen LogP contribution is 2.36. The summed E-state index contributed by atoms with van der Waals surface area (Å²) in [6, 6.07) is 5.16. The minimum absolute atomic E-state index is 0.192. The number of nitrogens with zero attached hydrogens (tertiary/aromatic N) is 1. The summed E-state index contributed by atoms with van der Waals surface area (Å²) >= 11 is 6.20. The van der Waals surface area contributed by atoms with Crippen LogP contribution in [0.15, 0.2) is 18.2 Å². The fraction of sp³-hybridized carbons (Fsp3) is 0.286. The summed E-state index contributed by atoms with van der Waals surface area (Å²) in [7, 11) is 2.86. The van der Waals surface area contributed by atoms with Gasteiger partial charge in [-0.25, -0.2) is 9.78 Å². The number of methoxy groups -OCH3 is 2. The molecule has 0 aliphatic heterocycles. The molecule has 0 atom stereocenters. The molecular weight excluding hydrogens is 282 g/mol. The minimum atomic E-state index is -0.466. The number of hydrogen-bond donors (Lipinski definition) is 0. The second kappa shape index (κ2) is 5.96. The molecule has 0 bridgehead atoms. The lowest BCUT2D eigenvalue weighted by Gasteiger charge is -2.12. The molecule has 0 fully saturated rings. The third-order valence-electron chi connectivity index (χ3n) is 2.76. The van der Waals surface area contributed by atoms with Gasteiger partial charge < -0.3 is 14.2 Å². The van der Waals surface area contributed by atoms with Crippen LogP contribution in [-0.4, -0.2) is 31.8 Å². The van der Waals surface area contributed by atoms with E-state index in [9.17, 15) is 4.79 Å². The van der Waals surface area contributed by atoms with Gasteiger partial charge in [0, 0.05) is 11.8 Å². The van der Waals surface area contributed by atoms with Crippen molar-refractivity contribution in [3.05, 3.63) is 28.9 Å². The molecule has 2 rings (SSSR count). The van der Waals surface area contributed by atoms with Crippen LogP contribution in [0.3, 0.4) is 0 Å². The van der Waals surface area contributed by atoms with E-state index < -0.39 is 5.97 Å². The molecule has 1 aromatic heterocycles. The van der Waals surface area contributed by atoms with Crippen LogP contribution in [0.1, 0.15) is 5.69 Å². The van der Waals surface area contributed by atoms with E-state index in [1.54, 1.807) is 25.3 Å². The van der Waals surface area contributed by atoms with E-state index >= 15 is 0 Å². The Bertz CT molecular complexity index is 657. The normalized spacial score (nSPS) is 10.4. The number of fused-ring (bicyclic) bond motifs is 1. The Hall–Kier alpha value is -2.01. The van der Waals surface area contributed by atoms with Crippen LogP contribution in [0.2, 0.25) is 5.02 Å². The molecule has 0 spiro atoms. The van der Waals surface area contributed by atoms with Crippen molar-refractivity contribution in [1.29, 1.82) is 0 Å². The average Bonchev–Trinajstić information content (AvgIpc) is 2.44. The second-order valence-electron chi connectivity index (χ2n) is 4.10. The predicted molar refractivity (Wildman–Crippen MR) is 75.6 cm³/mol. The maximum absolute atomic E-state index is 11.2. The summed E-state index contributed by atoms with van der Waals surface area (Å²) in [6.07, 6.45) is 0. The molecule has 2 aromatic rings. The van der Waals surface area contributed by atoms with Crippen molar-refractivity contribution in [3.8, 4) is 11.5 Å². The van der Waals surface area contributed by atoms with Crippen LogP contribution < -0.4 is 9.47 Å². The highest BCUT2D eigenvalue weighted by atomic mass is 35.5. The monoisotopic (exact) mass is 295 g/mol. The number of hydrogen-bond acceptors (Lipinski definition) is 5. The number of carbonyl (C=O) groups excluding carboxylic acids is 1. The van der Waals surface area contributed by atoms with Gasteiger partial charge in [0.05, 0.1) is 24.6 Å². The summed E-state index contributed by atoms with van der Waals surface area (Å²) in [4.78, 5) is 15.6. The largest absolute Gasteiger partial charge is 0.494 e. The maximum Gasteiger partial charge on any atom is 0.343 e. The first-order valence-corrected chi connectivity index (χ1v) is 6.28. The van der Waals surface area contributed by atoms with Crippen molar-refractivity contribution in [1.82, 2.24) is 4.98 Å². The molecule has 0 amide bonds. The number of rotatable bonds is 4.